The van der Waals surface area contributed by atoms with Gasteiger partial charge in [0.25, 0.3) is 0 Å². The van der Waals surface area contributed by atoms with Crippen molar-refractivity contribution < 1.29 is 13.2 Å². The highest BCUT2D eigenvalue weighted by atomic mass is 19.4. The highest BCUT2D eigenvalue weighted by Gasteiger charge is 2.81. The summed E-state index contributed by atoms with van der Waals surface area (Å²) in [6.07, 6.45) is -3.87. The van der Waals surface area contributed by atoms with Gasteiger partial charge >= 0.3 is 6.18 Å². The van der Waals surface area contributed by atoms with Gasteiger partial charge < -0.3 is 10.6 Å². The second-order valence-corrected chi connectivity index (χ2v) is 6.16. The van der Waals surface area contributed by atoms with Crippen LogP contribution in [0.2, 0.25) is 0 Å². The van der Waals surface area contributed by atoms with Crippen LogP contribution in [0.4, 0.5) is 13.2 Å². The quantitative estimate of drug-likeness (QED) is 0.790. The Morgan fingerprint density at radius 3 is 2.60 bits per heavy atom. The van der Waals surface area contributed by atoms with E-state index in [1.807, 2.05) is 13.8 Å². The Morgan fingerprint density at radius 2 is 2.05 bits per heavy atom. The highest BCUT2D eigenvalue weighted by Crippen LogP contribution is 2.72. The van der Waals surface area contributed by atoms with Crippen LogP contribution < -0.4 is 10.6 Å². The predicted molar refractivity (Wildman–Crippen MR) is 68.2 cm³/mol. The van der Waals surface area contributed by atoms with Gasteiger partial charge in [-0.15, -0.1) is 0 Å². The van der Waals surface area contributed by atoms with Crippen molar-refractivity contribution in [2.24, 2.45) is 10.8 Å². The van der Waals surface area contributed by atoms with E-state index < -0.39 is 17.0 Å². The third-order valence-corrected chi connectivity index (χ3v) is 5.01. The summed E-state index contributed by atoms with van der Waals surface area (Å²) in [7, 11) is 0. The largest absolute Gasteiger partial charge is 0.396 e. The standard InChI is InChI=1S/C13H19F3N4/c1-8-10(9(2)20-19-8)3-17-5-11-4-12(11,7-18-6-11)13(14,15)16/h17-18H,3-7H2,1-2H3,(H,19,20)/t11-,12+/m0/s1. The summed E-state index contributed by atoms with van der Waals surface area (Å²) < 4.78 is 39.5. The van der Waals surface area contributed by atoms with E-state index in [2.05, 4.69) is 20.8 Å². The van der Waals surface area contributed by atoms with E-state index in [9.17, 15) is 13.2 Å². The molecule has 4 nitrogen and oxygen atoms in total. The Morgan fingerprint density at radius 1 is 1.30 bits per heavy atom. The third-order valence-electron chi connectivity index (χ3n) is 5.01. The number of hydrogen-bond acceptors (Lipinski definition) is 3. The van der Waals surface area contributed by atoms with Gasteiger partial charge in [0.1, 0.15) is 0 Å². The number of aromatic amines is 1. The monoisotopic (exact) mass is 288 g/mol. The molecule has 1 saturated heterocycles. The first-order valence-electron chi connectivity index (χ1n) is 6.80. The van der Waals surface area contributed by atoms with Crippen molar-refractivity contribution in [3.63, 3.8) is 0 Å². The lowest BCUT2D eigenvalue weighted by molar-refractivity contribution is -0.190. The molecule has 0 bridgehead atoms. The van der Waals surface area contributed by atoms with E-state index >= 15 is 0 Å². The molecular formula is C13H19F3N4. The number of fused-ring (bicyclic) bond motifs is 1. The van der Waals surface area contributed by atoms with E-state index in [-0.39, 0.29) is 13.0 Å². The third kappa shape index (κ3) is 1.79. The molecule has 2 aliphatic rings. The van der Waals surface area contributed by atoms with Crippen LogP contribution in [0.3, 0.4) is 0 Å². The first-order valence-corrected chi connectivity index (χ1v) is 6.80. The molecule has 2 fully saturated rings. The second kappa shape index (κ2) is 4.21. The molecule has 1 aromatic heterocycles. The van der Waals surface area contributed by atoms with E-state index in [0.717, 1.165) is 17.0 Å². The first kappa shape index (κ1) is 13.9. The molecule has 0 aromatic carbocycles. The Balaban J connectivity index is 1.63. The van der Waals surface area contributed by atoms with Crippen LogP contribution in [0, 0.1) is 24.7 Å². The maximum atomic E-state index is 13.2. The fourth-order valence-corrected chi connectivity index (χ4v) is 3.59. The summed E-state index contributed by atoms with van der Waals surface area (Å²) in [5, 5.41) is 13.1. The van der Waals surface area contributed by atoms with Gasteiger partial charge in [-0.25, -0.2) is 0 Å². The Kier molecular flexibility index (Phi) is 2.92. The molecule has 112 valence electrons. The van der Waals surface area contributed by atoms with Crippen molar-refractivity contribution in [1.29, 1.82) is 0 Å². The summed E-state index contributed by atoms with van der Waals surface area (Å²) in [5.74, 6) is 0. The van der Waals surface area contributed by atoms with Crippen molar-refractivity contribution in [3.8, 4) is 0 Å². The number of nitrogens with one attached hydrogen (secondary N) is 3. The zero-order valence-corrected chi connectivity index (χ0v) is 11.6. The van der Waals surface area contributed by atoms with Crippen LogP contribution in [0.25, 0.3) is 0 Å². The smallest absolute Gasteiger partial charge is 0.315 e. The van der Waals surface area contributed by atoms with Crippen LogP contribution in [-0.4, -0.2) is 36.0 Å². The van der Waals surface area contributed by atoms with Gasteiger partial charge in [-0.3, -0.25) is 5.10 Å². The Labute approximate surface area is 115 Å². The van der Waals surface area contributed by atoms with E-state index in [1.54, 1.807) is 0 Å². The van der Waals surface area contributed by atoms with Crippen molar-refractivity contribution in [2.45, 2.75) is 33.0 Å². The number of H-pyrrole nitrogens is 1. The molecule has 3 rings (SSSR count). The minimum absolute atomic E-state index is 0.0575. The van der Waals surface area contributed by atoms with Crippen LogP contribution in [0.1, 0.15) is 23.4 Å². The van der Waals surface area contributed by atoms with E-state index in [4.69, 9.17) is 0 Å². The predicted octanol–water partition coefficient (Wildman–Crippen LogP) is 1.66. The fourth-order valence-electron chi connectivity index (χ4n) is 3.59. The summed E-state index contributed by atoms with van der Waals surface area (Å²) in [5.41, 5.74) is 0.750. The van der Waals surface area contributed by atoms with Gasteiger partial charge in [-0.05, 0) is 20.3 Å². The number of nitrogens with zero attached hydrogens (tertiary/aromatic N) is 1. The normalized spacial score (nSPS) is 32.5. The fraction of sp³-hybridized carbons (Fsp3) is 0.769. The molecule has 1 aliphatic heterocycles. The molecule has 2 heterocycles. The van der Waals surface area contributed by atoms with Gasteiger partial charge in [0.05, 0.1) is 11.1 Å². The number of aryl methyl sites for hydroxylation is 2. The minimum atomic E-state index is -4.11. The van der Waals surface area contributed by atoms with Gasteiger partial charge in [0.2, 0.25) is 0 Å². The number of aromatic nitrogens is 2. The zero-order chi connectivity index (χ0) is 14.6. The van der Waals surface area contributed by atoms with Crippen LogP contribution >= 0.6 is 0 Å². The molecule has 20 heavy (non-hydrogen) atoms. The number of alkyl halides is 3. The zero-order valence-electron chi connectivity index (χ0n) is 11.6. The molecule has 7 heteroatoms. The molecule has 0 unspecified atom stereocenters. The van der Waals surface area contributed by atoms with Crippen molar-refractivity contribution in [1.82, 2.24) is 20.8 Å². The Hall–Kier alpha value is -1.08. The van der Waals surface area contributed by atoms with Crippen molar-refractivity contribution in [2.75, 3.05) is 19.6 Å². The molecule has 1 aliphatic carbocycles. The number of halogens is 3. The van der Waals surface area contributed by atoms with Crippen molar-refractivity contribution >= 4 is 0 Å². The molecule has 2 atom stereocenters. The molecule has 1 aromatic rings. The lowest BCUT2D eigenvalue weighted by atomic mass is 9.95. The summed E-state index contributed by atoms with van der Waals surface area (Å²) in [6, 6.07) is 0. The van der Waals surface area contributed by atoms with Gasteiger partial charge in [0.15, 0.2) is 0 Å². The van der Waals surface area contributed by atoms with E-state index in [1.165, 1.54) is 0 Å². The lowest BCUT2D eigenvalue weighted by Gasteiger charge is -2.21. The minimum Gasteiger partial charge on any atom is -0.315 e. The SMILES string of the molecule is Cc1n[nH]c(C)c1CNC[C@@]12CNC[C@]1(C(F)(F)F)C2. The lowest BCUT2D eigenvalue weighted by Crippen LogP contribution is -2.35. The van der Waals surface area contributed by atoms with Crippen molar-refractivity contribution in [3.05, 3.63) is 17.0 Å². The maximum absolute atomic E-state index is 13.2. The first-order chi connectivity index (χ1) is 9.31. The average Bonchev–Trinajstić information content (AvgIpc) is 2.70. The molecule has 3 N–H and O–H groups in total. The Bertz CT molecular complexity index is 505. The number of rotatable bonds is 4. The van der Waals surface area contributed by atoms with Crippen LogP contribution in [0.15, 0.2) is 0 Å². The molecular weight excluding hydrogens is 269 g/mol. The summed E-state index contributed by atoms with van der Waals surface area (Å²) >= 11 is 0. The molecule has 1 saturated carbocycles. The van der Waals surface area contributed by atoms with Crippen LogP contribution in [0.5, 0.6) is 0 Å². The van der Waals surface area contributed by atoms with Gasteiger partial charge in [-0.2, -0.15) is 18.3 Å². The average molecular weight is 288 g/mol. The number of piperidine rings is 1. The van der Waals surface area contributed by atoms with E-state index in [0.29, 0.717) is 19.6 Å². The molecule has 0 radical (unpaired) electrons. The van der Waals surface area contributed by atoms with Gasteiger partial charge in [0, 0.05) is 42.9 Å². The summed E-state index contributed by atoms with van der Waals surface area (Å²) in [6.45, 7) is 5.27. The highest BCUT2D eigenvalue weighted by molar-refractivity contribution is 5.26. The molecule has 0 spiro atoms. The maximum Gasteiger partial charge on any atom is 0.396 e. The van der Waals surface area contributed by atoms with Crippen LogP contribution in [-0.2, 0) is 6.54 Å². The van der Waals surface area contributed by atoms with Gasteiger partial charge in [-0.1, -0.05) is 0 Å². The second-order valence-electron chi connectivity index (χ2n) is 6.16. The summed E-state index contributed by atoms with van der Waals surface area (Å²) in [4.78, 5) is 0. The molecule has 0 amide bonds. The number of hydrogen-bond donors (Lipinski definition) is 3. The topological polar surface area (TPSA) is 52.7 Å².